The average Bonchev–Trinajstić information content (AvgIpc) is 3.59. The van der Waals surface area contributed by atoms with Crippen LogP contribution in [0.15, 0.2) is 109 Å². The predicted octanol–water partition coefficient (Wildman–Crippen LogP) is 6.32. The Morgan fingerprint density at radius 2 is 1.60 bits per heavy atom. The lowest BCUT2D eigenvalue weighted by atomic mass is 9.87. The molecule has 4 aromatic rings. The Labute approximate surface area is 243 Å². The molecule has 6 rings (SSSR count). The number of fused-ring (bicyclic) bond motifs is 1. The Balaban J connectivity index is 1.48. The zero-order chi connectivity index (χ0) is 29.1. The van der Waals surface area contributed by atoms with E-state index in [1.807, 2.05) is 67.6 Å². The number of cyclic esters (lactones) is 1. The largest absolute Gasteiger partial charge is 0.497 e. The van der Waals surface area contributed by atoms with Crippen LogP contribution in [0.5, 0.6) is 17.2 Å². The van der Waals surface area contributed by atoms with E-state index in [2.05, 4.69) is 5.32 Å². The first-order chi connectivity index (χ1) is 20.5. The first kappa shape index (κ1) is 27.0. The summed E-state index contributed by atoms with van der Waals surface area (Å²) >= 11 is 0. The topological polar surface area (TPSA) is 92.3 Å². The molecule has 0 saturated heterocycles. The van der Waals surface area contributed by atoms with Crippen molar-refractivity contribution in [1.29, 1.82) is 0 Å². The molecule has 2 heterocycles. The van der Waals surface area contributed by atoms with E-state index in [0.717, 1.165) is 11.1 Å². The number of carbonyl (C=O) groups excluding carboxylic acids is 2. The van der Waals surface area contributed by atoms with E-state index in [4.69, 9.17) is 23.7 Å². The van der Waals surface area contributed by atoms with E-state index < -0.39 is 17.8 Å². The fourth-order valence-corrected chi connectivity index (χ4v) is 5.23. The lowest BCUT2D eigenvalue weighted by Crippen LogP contribution is -2.40. The number of rotatable bonds is 8. The number of hydrogen-bond acceptors (Lipinski definition) is 7. The Hall–Kier alpha value is -5.24. The summed E-state index contributed by atoms with van der Waals surface area (Å²) in [7, 11) is 1.56. The number of carbonyl (C=O) groups is 2. The molecule has 0 aromatic heterocycles. The Morgan fingerprint density at radius 1 is 0.905 bits per heavy atom. The van der Waals surface area contributed by atoms with Gasteiger partial charge < -0.3 is 29.0 Å². The highest BCUT2D eigenvalue weighted by Gasteiger charge is 2.53. The molecule has 8 nitrogen and oxygen atoms in total. The molecule has 212 valence electrons. The third-order valence-corrected chi connectivity index (χ3v) is 7.37. The first-order valence-electron chi connectivity index (χ1n) is 13.6. The lowest BCUT2D eigenvalue weighted by Gasteiger charge is -2.31. The van der Waals surface area contributed by atoms with Gasteiger partial charge in [-0.15, -0.1) is 0 Å². The van der Waals surface area contributed by atoms with Crippen molar-refractivity contribution in [2.24, 2.45) is 0 Å². The van der Waals surface area contributed by atoms with E-state index in [-0.39, 0.29) is 24.8 Å². The summed E-state index contributed by atoms with van der Waals surface area (Å²) < 4.78 is 28.8. The maximum atomic E-state index is 13.8. The molecule has 0 aliphatic carbocycles. The summed E-state index contributed by atoms with van der Waals surface area (Å²) in [6.07, 6.45) is -0.475. The number of hydrogen-bond donors (Lipinski definition) is 1. The van der Waals surface area contributed by atoms with Gasteiger partial charge in [-0.3, -0.25) is 0 Å². The van der Waals surface area contributed by atoms with Crippen molar-refractivity contribution >= 4 is 17.6 Å². The van der Waals surface area contributed by atoms with Crippen LogP contribution >= 0.6 is 0 Å². The van der Waals surface area contributed by atoms with Crippen LogP contribution in [-0.2, 0) is 26.5 Å². The summed E-state index contributed by atoms with van der Waals surface area (Å²) in [5.74, 6) is -0.776. The number of esters is 1. The average molecular weight is 564 g/mol. The molecule has 1 N–H and O–H groups in total. The normalized spacial score (nSPS) is 17.9. The first-order valence-corrected chi connectivity index (χ1v) is 13.6. The Bertz CT molecular complexity index is 1630. The highest BCUT2D eigenvalue weighted by Crippen LogP contribution is 2.49. The van der Waals surface area contributed by atoms with Crippen LogP contribution < -0.4 is 19.5 Å². The molecule has 1 amide bonds. The van der Waals surface area contributed by atoms with Crippen LogP contribution in [0.3, 0.4) is 0 Å². The second-order valence-corrected chi connectivity index (χ2v) is 9.98. The monoisotopic (exact) mass is 563 g/mol. The van der Waals surface area contributed by atoms with Crippen LogP contribution in [0, 0.1) is 0 Å². The van der Waals surface area contributed by atoms with Crippen molar-refractivity contribution in [3.8, 4) is 17.2 Å². The molecule has 2 aliphatic rings. The number of amides is 1. The predicted molar refractivity (Wildman–Crippen MR) is 155 cm³/mol. The molecule has 2 aliphatic heterocycles. The van der Waals surface area contributed by atoms with E-state index in [1.165, 1.54) is 0 Å². The minimum atomic E-state index is -1.86. The summed E-state index contributed by atoms with van der Waals surface area (Å²) in [5, 5.41) is 2.89. The smallest absolute Gasteiger partial charge is 0.411 e. The van der Waals surface area contributed by atoms with Crippen molar-refractivity contribution in [1.82, 2.24) is 5.32 Å². The van der Waals surface area contributed by atoms with E-state index in [0.29, 0.717) is 33.9 Å². The zero-order valence-electron chi connectivity index (χ0n) is 23.2. The molecule has 0 spiro atoms. The molecule has 2 unspecified atom stereocenters. The molecular weight excluding hydrogens is 534 g/mol. The van der Waals surface area contributed by atoms with Crippen molar-refractivity contribution in [3.05, 3.63) is 131 Å². The number of benzene rings is 4. The maximum Gasteiger partial charge on any atom is 0.411 e. The molecule has 0 saturated carbocycles. The van der Waals surface area contributed by atoms with Crippen molar-refractivity contribution in [2.75, 3.05) is 13.9 Å². The SMILES string of the molecule is COc1ccc(C2(OC(=O)NC(C)c3ccccc3)OC(=O)C(c3ccc4c(c3)OCO4)=C2Cc2ccccc2)cc1. The number of methoxy groups -OCH3 is 1. The van der Waals surface area contributed by atoms with Gasteiger partial charge in [-0.05, 0) is 60.0 Å². The van der Waals surface area contributed by atoms with Gasteiger partial charge in [0.15, 0.2) is 11.5 Å². The standard InChI is InChI=1S/C34H29NO7/c1-22(24-11-7-4-8-12-24)35-33(37)42-34(26-14-16-27(38-2)17-15-26)28(19-23-9-5-3-6-10-23)31(32(36)41-34)25-13-18-29-30(20-25)40-21-39-29/h3-18,20,22H,19,21H2,1-2H3,(H,35,37). The minimum absolute atomic E-state index is 0.0951. The van der Waals surface area contributed by atoms with Gasteiger partial charge in [0.2, 0.25) is 6.79 Å². The third kappa shape index (κ3) is 5.14. The second kappa shape index (κ2) is 11.3. The van der Waals surface area contributed by atoms with E-state index >= 15 is 0 Å². The van der Waals surface area contributed by atoms with Gasteiger partial charge in [-0.2, -0.15) is 0 Å². The number of nitrogens with one attached hydrogen (secondary N) is 1. The summed E-state index contributed by atoms with van der Waals surface area (Å²) in [6, 6.07) is 31.0. The highest BCUT2D eigenvalue weighted by atomic mass is 16.7. The van der Waals surface area contributed by atoms with Crippen LogP contribution in [0.1, 0.15) is 35.2 Å². The van der Waals surface area contributed by atoms with Crippen molar-refractivity contribution < 1.29 is 33.3 Å². The van der Waals surface area contributed by atoms with Gasteiger partial charge in [-0.1, -0.05) is 66.7 Å². The molecule has 8 heteroatoms. The summed E-state index contributed by atoms with van der Waals surface area (Å²) in [5.41, 5.74) is 3.59. The van der Waals surface area contributed by atoms with Gasteiger partial charge in [0, 0.05) is 17.6 Å². The number of ether oxygens (including phenoxy) is 5. The van der Waals surface area contributed by atoms with Gasteiger partial charge >= 0.3 is 17.8 Å². The van der Waals surface area contributed by atoms with Crippen molar-refractivity contribution in [2.45, 2.75) is 25.2 Å². The van der Waals surface area contributed by atoms with Gasteiger partial charge in [0.05, 0.1) is 18.7 Å². The van der Waals surface area contributed by atoms with E-state index in [1.54, 1.807) is 49.6 Å². The number of alkyl carbamates (subject to hydrolysis) is 1. The molecule has 0 fully saturated rings. The second-order valence-electron chi connectivity index (χ2n) is 9.98. The summed E-state index contributed by atoms with van der Waals surface area (Å²) in [6.45, 7) is 1.95. The van der Waals surface area contributed by atoms with Gasteiger partial charge in [-0.25, -0.2) is 9.59 Å². The Kier molecular flexibility index (Phi) is 7.27. The molecule has 4 aromatic carbocycles. The van der Waals surface area contributed by atoms with Crippen LogP contribution in [0.25, 0.3) is 5.57 Å². The Morgan fingerprint density at radius 3 is 2.31 bits per heavy atom. The molecule has 42 heavy (non-hydrogen) atoms. The van der Waals surface area contributed by atoms with Crippen LogP contribution in [-0.4, -0.2) is 26.0 Å². The minimum Gasteiger partial charge on any atom is -0.497 e. The fraction of sp³-hybridized carbons (Fsp3) is 0.176. The zero-order valence-corrected chi connectivity index (χ0v) is 23.2. The van der Waals surface area contributed by atoms with Gasteiger partial charge in [0.25, 0.3) is 0 Å². The van der Waals surface area contributed by atoms with Crippen LogP contribution in [0.2, 0.25) is 0 Å². The van der Waals surface area contributed by atoms with Crippen LogP contribution in [0.4, 0.5) is 4.79 Å². The van der Waals surface area contributed by atoms with Gasteiger partial charge in [0.1, 0.15) is 5.75 Å². The van der Waals surface area contributed by atoms with E-state index in [9.17, 15) is 9.59 Å². The third-order valence-electron chi connectivity index (χ3n) is 7.37. The maximum absolute atomic E-state index is 13.8. The molecular formula is C34H29NO7. The fourth-order valence-electron chi connectivity index (χ4n) is 5.23. The lowest BCUT2D eigenvalue weighted by molar-refractivity contribution is -0.185. The van der Waals surface area contributed by atoms with Crippen molar-refractivity contribution in [3.63, 3.8) is 0 Å². The highest BCUT2D eigenvalue weighted by molar-refractivity contribution is 6.20. The molecule has 0 bridgehead atoms. The quantitative estimate of drug-likeness (QED) is 0.251. The molecule has 0 radical (unpaired) electrons. The molecule has 2 atom stereocenters. The summed E-state index contributed by atoms with van der Waals surface area (Å²) in [4.78, 5) is 27.4.